The average molecular weight is 283 g/mol. The maximum Gasteiger partial charge on any atom is 0.155 e. The van der Waals surface area contributed by atoms with E-state index in [1.165, 1.54) is 25.1 Å². The van der Waals surface area contributed by atoms with Crippen molar-refractivity contribution in [1.82, 2.24) is 0 Å². The van der Waals surface area contributed by atoms with Gasteiger partial charge < -0.3 is 5.11 Å². The summed E-state index contributed by atoms with van der Waals surface area (Å²) in [5, 5.41) is 17.7. The van der Waals surface area contributed by atoms with E-state index in [2.05, 4.69) is 0 Å². The first-order valence-electron chi connectivity index (χ1n) is 5.92. The van der Waals surface area contributed by atoms with Gasteiger partial charge in [-0.3, -0.25) is 0 Å². The van der Waals surface area contributed by atoms with Gasteiger partial charge in [-0.05, 0) is 17.7 Å². The second-order valence-corrected chi connectivity index (χ2v) is 7.13. The molecule has 1 saturated carbocycles. The summed E-state index contributed by atoms with van der Waals surface area (Å²) in [6.07, 6.45) is 0. The van der Waals surface area contributed by atoms with Crippen molar-refractivity contribution < 1.29 is 17.9 Å². The molecule has 2 rings (SSSR count). The van der Waals surface area contributed by atoms with E-state index >= 15 is 0 Å². The van der Waals surface area contributed by atoms with Gasteiger partial charge in [0, 0.05) is 11.7 Å². The molecule has 1 aromatic rings. The number of benzene rings is 1. The molecule has 0 amide bonds. The summed E-state index contributed by atoms with van der Waals surface area (Å²) in [5.41, 5.74) is -0.902. The predicted octanol–water partition coefficient (Wildman–Crippen LogP) is 1.23. The fraction of sp³-hybridized carbons (Fsp3) is 0.462. The molecule has 102 valence electrons. The van der Waals surface area contributed by atoms with Crippen LogP contribution in [0.1, 0.15) is 18.4 Å². The van der Waals surface area contributed by atoms with Crippen LogP contribution in [0.15, 0.2) is 24.3 Å². The first-order valence-corrected chi connectivity index (χ1v) is 7.63. The van der Waals surface area contributed by atoms with Crippen molar-refractivity contribution in [3.8, 4) is 6.07 Å². The summed E-state index contributed by atoms with van der Waals surface area (Å²) in [7, 11) is -3.47. The van der Waals surface area contributed by atoms with Crippen LogP contribution in [-0.2, 0) is 9.84 Å². The van der Waals surface area contributed by atoms with Crippen LogP contribution in [-0.4, -0.2) is 31.1 Å². The van der Waals surface area contributed by atoms with E-state index in [-0.39, 0.29) is 5.75 Å². The van der Waals surface area contributed by atoms with Crippen molar-refractivity contribution >= 4 is 9.84 Å². The normalized spacial score (nSPS) is 29.8. The van der Waals surface area contributed by atoms with Crippen LogP contribution in [0.5, 0.6) is 0 Å². The minimum Gasteiger partial charge on any atom is -0.395 e. The van der Waals surface area contributed by atoms with Crippen molar-refractivity contribution in [2.45, 2.75) is 18.1 Å². The minimum atomic E-state index is -3.47. The van der Waals surface area contributed by atoms with Gasteiger partial charge in [0.1, 0.15) is 11.2 Å². The molecular formula is C13H14FNO3S. The van der Waals surface area contributed by atoms with E-state index in [0.29, 0.717) is 5.56 Å². The lowest BCUT2D eigenvalue weighted by Crippen LogP contribution is -2.19. The van der Waals surface area contributed by atoms with E-state index in [1.807, 2.05) is 6.07 Å². The molecule has 0 aromatic heterocycles. The van der Waals surface area contributed by atoms with E-state index < -0.39 is 38.8 Å². The molecule has 0 heterocycles. The first kappa shape index (κ1) is 14.0. The SMILES string of the molecule is CCS(=O)(=O)[C@@H]1[C@H](c2cccc(F)c2)[C@@]1(C#N)CO. The number of hydrogen-bond acceptors (Lipinski definition) is 4. The molecule has 3 atom stereocenters. The zero-order valence-corrected chi connectivity index (χ0v) is 11.2. The summed E-state index contributed by atoms with van der Waals surface area (Å²) in [6, 6.07) is 7.44. The number of nitrogens with zero attached hydrogens (tertiary/aromatic N) is 1. The zero-order valence-electron chi connectivity index (χ0n) is 10.4. The molecule has 0 unspecified atom stereocenters. The maximum absolute atomic E-state index is 13.2. The van der Waals surface area contributed by atoms with Gasteiger partial charge in [0.05, 0.1) is 17.9 Å². The largest absolute Gasteiger partial charge is 0.395 e. The van der Waals surface area contributed by atoms with Crippen LogP contribution in [0.25, 0.3) is 0 Å². The number of rotatable bonds is 4. The van der Waals surface area contributed by atoms with Crippen LogP contribution in [0.2, 0.25) is 0 Å². The van der Waals surface area contributed by atoms with Crippen molar-refractivity contribution in [2.75, 3.05) is 12.4 Å². The average Bonchev–Trinajstić information content (AvgIpc) is 3.09. The van der Waals surface area contributed by atoms with Crippen molar-refractivity contribution in [3.05, 3.63) is 35.6 Å². The Hall–Kier alpha value is -1.45. The predicted molar refractivity (Wildman–Crippen MR) is 67.5 cm³/mol. The van der Waals surface area contributed by atoms with Gasteiger partial charge in [0.15, 0.2) is 9.84 Å². The van der Waals surface area contributed by atoms with Crippen LogP contribution < -0.4 is 0 Å². The lowest BCUT2D eigenvalue weighted by atomic mass is 10.0. The highest BCUT2D eigenvalue weighted by Gasteiger charge is 2.71. The summed E-state index contributed by atoms with van der Waals surface area (Å²) < 4.78 is 37.2. The van der Waals surface area contributed by atoms with Gasteiger partial charge in [0.25, 0.3) is 0 Å². The van der Waals surface area contributed by atoms with Crippen LogP contribution >= 0.6 is 0 Å². The summed E-state index contributed by atoms with van der Waals surface area (Å²) in [6.45, 7) is 0.949. The molecule has 0 saturated heterocycles. The molecule has 1 aromatic carbocycles. The topological polar surface area (TPSA) is 78.2 Å². The summed E-state index contributed by atoms with van der Waals surface area (Å²) in [5.74, 6) is -1.25. The van der Waals surface area contributed by atoms with Crippen molar-refractivity contribution in [3.63, 3.8) is 0 Å². The molecule has 6 heteroatoms. The van der Waals surface area contributed by atoms with Gasteiger partial charge in [-0.25, -0.2) is 12.8 Å². The number of aliphatic hydroxyl groups excluding tert-OH is 1. The third-order valence-corrected chi connectivity index (χ3v) is 5.99. The van der Waals surface area contributed by atoms with Crippen molar-refractivity contribution in [2.24, 2.45) is 5.41 Å². The molecule has 0 radical (unpaired) electrons. The summed E-state index contributed by atoms with van der Waals surface area (Å²) >= 11 is 0. The van der Waals surface area contributed by atoms with Crippen LogP contribution in [0.3, 0.4) is 0 Å². The monoisotopic (exact) mass is 283 g/mol. The number of nitriles is 1. The number of hydrogen-bond donors (Lipinski definition) is 1. The number of sulfone groups is 1. The molecule has 1 N–H and O–H groups in total. The Labute approximate surface area is 111 Å². The summed E-state index contributed by atoms with van der Waals surface area (Å²) in [4.78, 5) is 0. The molecule has 4 nitrogen and oxygen atoms in total. The van der Waals surface area contributed by atoms with Crippen LogP contribution in [0.4, 0.5) is 4.39 Å². The highest BCUT2D eigenvalue weighted by atomic mass is 32.2. The third-order valence-electron chi connectivity index (χ3n) is 3.72. The standard InChI is InChI=1S/C13H14FNO3S/c1-2-19(17,18)12-11(13(12,7-15)8-16)9-4-3-5-10(14)6-9/h3-6,11-12,16H,2,8H2,1H3/t11-,12+,13+/m0/s1. The van der Waals surface area contributed by atoms with Gasteiger partial charge in [-0.2, -0.15) is 5.26 Å². The molecule has 1 fully saturated rings. The van der Waals surface area contributed by atoms with Gasteiger partial charge in [0.2, 0.25) is 0 Å². The Morgan fingerprint density at radius 2 is 2.21 bits per heavy atom. The Morgan fingerprint density at radius 1 is 1.53 bits per heavy atom. The van der Waals surface area contributed by atoms with Gasteiger partial charge in [-0.1, -0.05) is 19.1 Å². The zero-order chi connectivity index (χ0) is 14.3. The highest BCUT2D eigenvalue weighted by molar-refractivity contribution is 7.92. The lowest BCUT2D eigenvalue weighted by Gasteiger charge is -2.03. The van der Waals surface area contributed by atoms with E-state index in [0.717, 1.165) is 0 Å². The highest BCUT2D eigenvalue weighted by Crippen LogP contribution is 2.62. The fourth-order valence-electron chi connectivity index (χ4n) is 2.64. The Kier molecular flexibility index (Phi) is 3.37. The Bertz CT molecular complexity index is 638. The van der Waals surface area contributed by atoms with E-state index in [4.69, 9.17) is 0 Å². The third kappa shape index (κ3) is 2.03. The molecule has 1 aliphatic carbocycles. The van der Waals surface area contributed by atoms with Gasteiger partial charge in [-0.15, -0.1) is 0 Å². The minimum absolute atomic E-state index is 0.104. The molecule has 0 spiro atoms. The molecule has 19 heavy (non-hydrogen) atoms. The Balaban J connectivity index is 2.49. The smallest absolute Gasteiger partial charge is 0.155 e. The molecule has 1 aliphatic rings. The van der Waals surface area contributed by atoms with E-state index in [9.17, 15) is 23.2 Å². The van der Waals surface area contributed by atoms with Crippen molar-refractivity contribution in [1.29, 1.82) is 5.26 Å². The maximum atomic E-state index is 13.2. The number of aliphatic hydroxyl groups is 1. The molecule has 0 aliphatic heterocycles. The van der Waals surface area contributed by atoms with Gasteiger partial charge >= 0.3 is 0 Å². The number of halogens is 1. The first-order chi connectivity index (χ1) is 8.93. The lowest BCUT2D eigenvalue weighted by molar-refractivity contribution is 0.242. The van der Waals surface area contributed by atoms with E-state index in [1.54, 1.807) is 6.07 Å². The van der Waals surface area contributed by atoms with Crippen LogP contribution in [0, 0.1) is 22.6 Å². The Morgan fingerprint density at radius 3 is 2.68 bits per heavy atom. The molecule has 0 bridgehead atoms. The quantitative estimate of drug-likeness (QED) is 0.901. The second-order valence-electron chi connectivity index (χ2n) is 4.72. The second kappa shape index (κ2) is 4.58. The fourth-order valence-corrected chi connectivity index (χ4v) is 4.65. The molecular weight excluding hydrogens is 269 g/mol.